The van der Waals surface area contributed by atoms with Crippen molar-refractivity contribution in [3.8, 4) is 0 Å². The largest absolute Gasteiger partial charge is 0.443 e. The highest BCUT2D eigenvalue weighted by atomic mass is 16.6. The van der Waals surface area contributed by atoms with Crippen LogP contribution < -0.4 is 0 Å². The summed E-state index contributed by atoms with van der Waals surface area (Å²) in [6, 6.07) is 8.63. The second-order valence-electron chi connectivity index (χ2n) is 9.55. The lowest BCUT2D eigenvalue weighted by Crippen LogP contribution is -2.42. The molecule has 28 heavy (non-hydrogen) atoms. The molecule has 1 atom stereocenters. The molecule has 0 saturated heterocycles. The van der Waals surface area contributed by atoms with E-state index in [1.54, 1.807) is 11.1 Å². The van der Waals surface area contributed by atoms with E-state index in [0.717, 1.165) is 31.4 Å². The van der Waals surface area contributed by atoms with Gasteiger partial charge in [0, 0.05) is 18.5 Å². The van der Waals surface area contributed by atoms with E-state index >= 15 is 0 Å². The predicted molar refractivity (Wildman–Crippen MR) is 112 cm³/mol. The minimum absolute atomic E-state index is 0.241. The maximum absolute atomic E-state index is 13.3. The fraction of sp³-hybridized carbons (Fsp3) is 0.542. The molecule has 0 spiro atoms. The van der Waals surface area contributed by atoms with Crippen molar-refractivity contribution in [2.24, 2.45) is 0 Å². The minimum Gasteiger partial charge on any atom is -0.443 e. The van der Waals surface area contributed by atoms with Gasteiger partial charge in [0.05, 0.1) is 17.3 Å². The van der Waals surface area contributed by atoms with Gasteiger partial charge in [-0.15, -0.1) is 0 Å². The summed E-state index contributed by atoms with van der Waals surface area (Å²) in [7, 11) is 0. The zero-order valence-electron chi connectivity index (χ0n) is 17.3. The molecule has 1 aliphatic carbocycles. The van der Waals surface area contributed by atoms with Crippen molar-refractivity contribution >= 4 is 17.0 Å². The van der Waals surface area contributed by atoms with E-state index in [0.29, 0.717) is 6.04 Å². The van der Waals surface area contributed by atoms with Gasteiger partial charge in [0.1, 0.15) is 5.60 Å². The second-order valence-corrected chi connectivity index (χ2v) is 9.55. The van der Waals surface area contributed by atoms with Gasteiger partial charge in [-0.05, 0) is 70.9 Å². The highest BCUT2D eigenvalue weighted by Gasteiger charge is 2.39. The summed E-state index contributed by atoms with van der Waals surface area (Å²) in [6.07, 6.45) is 6.98. The zero-order chi connectivity index (χ0) is 19.5. The lowest BCUT2D eigenvalue weighted by atomic mass is 9.81. The Morgan fingerprint density at radius 1 is 1.07 bits per heavy atom. The van der Waals surface area contributed by atoms with Crippen molar-refractivity contribution in [3.63, 3.8) is 0 Å². The van der Waals surface area contributed by atoms with Crippen LogP contribution in [0.3, 0.4) is 0 Å². The average Bonchev–Trinajstić information content (AvgIpc) is 3.00. The average molecular weight is 379 g/mol. The van der Waals surface area contributed by atoms with Crippen LogP contribution in [0.15, 0.2) is 35.4 Å². The summed E-state index contributed by atoms with van der Waals surface area (Å²) in [6.45, 7) is 7.98. The lowest BCUT2D eigenvalue weighted by Gasteiger charge is -2.43. The normalized spacial score (nSPS) is 22.6. The molecule has 0 radical (unpaired) electrons. The summed E-state index contributed by atoms with van der Waals surface area (Å²) in [4.78, 5) is 15.9. The Labute approximate surface area is 167 Å². The summed E-state index contributed by atoms with van der Waals surface area (Å²) < 4.78 is 7.73. The van der Waals surface area contributed by atoms with Gasteiger partial charge in [-0.1, -0.05) is 29.3 Å². The monoisotopic (exact) mass is 378 g/mol. The molecule has 0 N–H and O–H groups in total. The molecule has 148 valence electrons. The van der Waals surface area contributed by atoms with Crippen LogP contribution in [0.4, 0.5) is 4.79 Å². The van der Waals surface area contributed by atoms with Crippen molar-refractivity contribution in [1.29, 1.82) is 0 Å². The van der Waals surface area contributed by atoms with Crippen molar-refractivity contribution in [3.05, 3.63) is 46.7 Å². The van der Waals surface area contributed by atoms with Gasteiger partial charge < -0.3 is 4.74 Å². The van der Waals surface area contributed by atoms with Crippen LogP contribution in [0.2, 0.25) is 0 Å². The predicted octanol–water partition coefficient (Wildman–Crippen LogP) is 5.60. The number of hydrogen-bond donors (Lipinski definition) is 0. The first-order chi connectivity index (χ1) is 13.4. The second kappa shape index (κ2) is 6.48. The molecular formula is C24H30N2O2. The highest BCUT2D eigenvalue weighted by Crippen LogP contribution is 2.45. The Morgan fingerprint density at radius 3 is 2.61 bits per heavy atom. The molecule has 3 aliphatic rings. The SMILES string of the molecule is CC(C)(C)OC(=O)n1c2c(c3ccccc31)CCN1CC3=C(CCCC3)CC21. The summed E-state index contributed by atoms with van der Waals surface area (Å²) in [5.74, 6) is 0. The fourth-order valence-electron chi connectivity index (χ4n) is 5.39. The third-order valence-electron chi connectivity index (χ3n) is 6.54. The van der Waals surface area contributed by atoms with Crippen LogP contribution >= 0.6 is 0 Å². The Balaban J connectivity index is 1.66. The van der Waals surface area contributed by atoms with E-state index in [-0.39, 0.29) is 6.09 Å². The zero-order valence-corrected chi connectivity index (χ0v) is 17.3. The number of benzene rings is 1. The van der Waals surface area contributed by atoms with Crippen molar-refractivity contribution < 1.29 is 9.53 Å². The van der Waals surface area contributed by atoms with E-state index < -0.39 is 5.60 Å². The van der Waals surface area contributed by atoms with Crippen LogP contribution in [0, 0.1) is 0 Å². The van der Waals surface area contributed by atoms with E-state index in [1.165, 1.54) is 42.3 Å². The van der Waals surface area contributed by atoms with Gasteiger partial charge in [-0.25, -0.2) is 9.36 Å². The molecular weight excluding hydrogens is 348 g/mol. The van der Waals surface area contributed by atoms with Gasteiger partial charge in [0.2, 0.25) is 0 Å². The van der Waals surface area contributed by atoms with Crippen LogP contribution in [0.1, 0.15) is 70.2 Å². The molecule has 4 heteroatoms. The molecule has 0 amide bonds. The number of para-hydroxylation sites is 1. The Kier molecular flexibility index (Phi) is 4.16. The molecule has 0 saturated carbocycles. The quantitative estimate of drug-likeness (QED) is 0.560. The molecule has 5 rings (SSSR count). The van der Waals surface area contributed by atoms with Crippen LogP contribution in [0.5, 0.6) is 0 Å². The van der Waals surface area contributed by atoms with Crippen LogP contribution in [0.25, 0.3) is 10.9 Å². The topological polar surface area (TPSA) is 34.5 Å². The molecule has 2 aliphatic heterocycles. The van der Waals surface area contributed by atoms with E-state index in [4.69, 9.17) is 4.74 Å². The first kappa shape index (κ1) is 18.0. The van der Waals surface area contributed by atoms with E-state index in [9.17, 15) is 4.79 Å². The number of fused-ring (bicyclic) bond motifs is 5. The number of nitrogens with zero attached hydrogens (tertiary/aromatic N) is 2. The maximum atomic E-state index is 13.3. The molecule has 1 unspecified atom stereocenters. The standard InChI is InChI=1S/C24H30N2O2/c1-24(2,3)28-23(27)26-20-11-7-6-10-18(20)19-12-13-25-15-17-9-5-4-8-16(17)14-21(25)22(19)26/h6-7,10-11,21H,4-5,8-9,12-15H2,1-3H3. The molecule has 0 fully saturated rings. The highest BCUT2D eigenvalue weighted by molar-refractivity contribution is 5.94. The molecule has 1 aromatic carbocycles. The Morgan fingerprint density at radius 2 is 1.82 bits per heavy atom. The molecule has 0 bridgehead atoms. The third-order valence-corrected chi connectivity index (χ3v) is 6.54. The molecule has 4 nitrogen and oxygen atoms in total. The molecule has 2 aromatic rings. The number of ether oxygens (including phenoxy) is 1. The lowest BCUT2D eigenvalue weighted by molar-refractivity contribution is 0.0525. The first-order valence-electron chi connectivity index (χ1n) is 10.7. The van der Waals surface area contributed by atoms with Gasteiger partial charge in [0.15, 0.2) is 0 Å². The van der Waals surface area contributed by atoms with Crippen molar-refractivity contribution in [2.75, 3.05) is 13.1 Å². The van der Waals surface area contributed by atoms with Gasteiger partial charge in [0.25, 0.3) is 0 Å². The Bertz CT molecular complexity index is 976. The minimum atomic E-state index is -0.505. The van der Waals surface area contributed by atoms with Crippen LogP contribution in [-0.2, 0) is 11.2 Å². The molecule has 1 aromatic heterocycles. The van der Waals surface area contributed by atoms with Gasteiger partial charge in [-0.2, -0.15) is 0 Å². The van der Waals surface area contributed by atoms with E-state index in [2.05, 4.69) is 23.1 Å². The maximum Gasteiger partial charge on any atom is 0.419 e. The summed E-state index contributed by atoms with van der Waals surface area (Å²) >= 11 is 0. The number of carbonyl (C=O) groups is 1. The number of hydrogen-bond acceptors (Lipinski definition) is 3. The van der Waals surface area contributed by atoms with E-state index in [1.807, 2.05) is 31.4 Å². The number of aromatic nitrogens is 1. The Hall–Kier alpha value is -2.07. The first-order valence-corrected chi connectivity index (χ1v) is 10.7. The third kappa shape index (κ3) is 2.89. The summed E-state index contributed by atoms with van der Waals surface area (Å²) in [5, 5.41) is 1.21. The van der Waals surface area contributed by atoms with Crippen molar-refractivity contribution in [2.45, 2.75) is 70.9 Å². The molecule has 3 heterocycles. The number of carbonyl (C=O) groups excluding carboxylic acids is 1. The fourth-order valence-corrected chi connectivity index (χ4v) is 5.39. The van der Waals surface area contributed by atoms with Gasteiger partial charge in [-0.3, -0.25) is 4.90 Å². The van der Waals surface area contributed by atoms with Crippen molar-refractivity contribution in [1.82, 2.24) is 9.47 Å². The smallest absolute Gasteiger partial charge is 0.419 e. The van der Waals surface area contributed by atoms with Gasteiger partial charge >= 0.3 is 6.09 Å². The summed E-state index contributed by atoms with van der Waals surface area (Å²) in [5.41, 5.74) is 6.34. The van der Waals surface area contributed by atoms with Crippen LogP contribution in [-0.4, -0.2) is 34.3 Å². The number of rotatable bonds is 0.